The summed E-state index contributed by atoms with van der Waals surface area (Å²) in [7, 11) is 0. The van der Waals surface area contributed by atoms with Crippen molar-refractivity contribution in [3.63, 3.8) is 0 Å². The SMILES string of the molecule is C1=CNc2ccccc2N=C1.O=C(NC1Cc2c3c(ccc2=CC1=O)=c1ccccc1=CC3C(=O)c1ccc2ccccc2c1)c1ccccc1. The highest BCUT2D eigenvalue weighted by Crippen LogP contribution is 2.31. The van der Waals surface area contributed by atoms with E-state index in [4.69, 9.17) is 0 Å². The molecule has 2 atom stereocenters. The summed E-state index contributed by atoms with van der Waals surface area (Å²) < 4.78 is 0. The van der Waals surface area contributed by atoms with Gasteiger partial charge in [0.2, 0.25) is 0 Å². The molecule has 3 aliphatic rings. The van der Waals surface area contributed by atoms with Gasteiger partial charge in [-0.05, 0) is 85.3 Å². The van der Waals surface area contributed by atoms with Crippen molar-refractivity contribution in [3.8, 4) is 0 Å². The van der Waals surface area contributed by atoms with Gasteiger partial charge >= 0.3 is 0 Å². The predicted molar refractivity (Wildman–Crippen MR) is 204 cm³/mol. The number of hydrogen-bond donors (Lipinski definition) is 2. The first kappa shape index (κ1) is 31.6. The summed E-state index contributed by atoms with van der Waals surface area (Å²) in [6, 6.07) is 42.1. The third-order valence-corrected chi connectivity index (χ3v) is 9.55. The normalized spacial score (nSPS) is 16.3. The molecule has 1 amide bonds. The van der Waals surface area contributed by atoms with Gasteiger partial charge in [0.15, 0.2) is 11.6 Å². The maximum Gasteiger partial charge on any atom is 0.251 e. The van der Waals surface area contributed by atoms with E-state index < -0.39 is 12.0 Å². The molecule has 6 aromatic carbocycles. The fourth-order valence-electron chi connectivity index (χ4n) is 7.04. The number of allylic oxidation sites excluding steroid dienone is 1. The third-order valence-electron chi connectivity index (χ3n) is 9.55. The summed E-state index contributed by atoms with van der Waals surface area (Å²) in [5, 5.41) is 12.0. The quantitative estimate of drug-likeness (QED) is 0.201. The largest absolute Gasteiger partial charge is 0.360 e. The first-order valence-corrected chi connectivity index (χ1v) is 17.0. The van der Waals surface area contributed by atoms with Crippen LogP contribution in [0.5, 0.6) is 0 Å². The Morgan fingerprint density at radius 3 is 2.35 bits per heavy atom. The molecular weight excluding hydrogens is 631 g/mol. The number of aliphatic imine (C=N–C) groups is 1. The Balaban J connectivity index is 0.000000289. The molecule has 1 heterocycles. The van der Waals surface area contributed by atoms with Crippen LogP contribution in [-0.4, -0.2) is 29.7 Å². The molecule has 2 N–H and O–H groups in total. The van der Waals surface area contributed by atoms with Gasteiger partial charge in [0.05, 0.1) is 23.3 Å². The number of nitrogens with zero attached hydrogens (tertiary/aromatic N) is 1. The van der Waals surface area contributed by atoms with Crippen LogP contribution in [-0.2, 0) is 11.2 Å². The summed E-state index contributed by atoms with van der Waals surface area (Å²) in [6.45, 7) is 0. The first-order valence-electron chi connectivity index (χ1n) is 17.0. The molecule has 0 bridgehead atoms. The Bertz CT molecular complexity index is 2640. The molecule has 6 nitrogen and oxygen atoms in total. The lowest BCUT2D eigenvalue weighted by Crippen LogP contribution is -2.46. The highest BCUT2D eigenvalue weighted by atomic mass is 16.2. The van der Waals surface area contributed by atoms with Crippen LogP contribution in [0.4, 0.5) is 11.4 Å². The second-order valence-corrected chi connectivity index (χ2v) is 12.7. The van der Waals surface area contributed by atoms with Crippen LogP contribution < -0.4 is 21.1 Å². The van der Waals surface area contributed by atoms with Crippen LogP contribution in [0.3, 0.4) is 0 Å². The van der Waals surface area contributed by atoms with Gasteiger partial charge in [-0.1, -0.05) is 109 Å². The minimum Gasteiger partial charge on any atom is -0.360 e. The Hall–Kier alpha value is -6.66. The number of carbonyl (C=O) groups is 3. The third kappa shape index (κ3) is 6.31. The van der Waals surface area contributed by atoms with Gasteiger partial charge in [-0.25, -0.2) is 0 Å². The molecule has 6 aromatic rings. The van der Waals surface area contributed by atoms with Crippen LogP contribution in [0.15, 0.2) is 151 Å². The standard InChI is InChI=1S/C36H25NO3.C9H8N2/c38-33-20-26-16-17-29-28-13-7-6-12-25(28)19-31(35(39)27-15-14-22-8-4-5-11-24(22)18-27)34(29)30(26)21-32(33)37-36(40)23-9-2-1-3-10-23;1-2-5-9-8(4-1)10-6-3-7-11-9/h1-20,31-32H,21H2,(H,37,40);1-7,10H. The van der Waals surface area contributed by atoms with E-state index in [1.54, 1.807) is 36.6 Å². The van der Waals surface area contributed by atoms with Crippen molar-refractivity contribution in [1.82, 2.24) is 5.32 Å². The highest BCUT2D eigenvalue weighted by molar-refractivity contribution is 6.13. The van der Waals surface area contributed by atoms with E-state index >= 15 is 0 Å². The van der Waals surface area contributed by atoms with Gasteiger partial charge in [-0.3, -0.25) is 19.4 Å². The van der Waals surface area contributed by atoms with E-state index in [0.29, 0.717) is 17.5 Å². The molecule has 0 saturated heterocycles. The molecule has 246 valence electrons. The zero-order chi connectivity index (χ0) is 34.7. The Kier molecular flexibility index (Phi) is 8.48. The minimum atomic E-state index is -0.708. The van der Waals surface area contributed by atoms with Gasteiger partial charge in [0.1, 0.15) is 0 Å². The lowest BCUT2D eigenvalue weighted by molar-refractivity contribution is -0.115. The number of ketones is 2. The number of anilines is 1. The number of hydrogen-bond acceptors (Lipinski definition) is 5. The van der Waals surface area contributed by atoms with Crippen LogP contribution in [0.25, 0.3) is 22.9 Å². The summed E-state index contributed by atoms with van der Waals surface area (Å²) in [5.41, 5.74) is 5.03. The van der Waals surface area contributed by atoms with E-state index in [0.717, 1.165) is 54.1 Å². The highest BCUT2D eigenvalue weighted by Gasteiger charge is 2.31. The molecule has 0 saturated carbocycles. The second-order valence-electron chi connectivity index (χ2n) is 12.7. The Morgan fingerprint density at radius 2 is 1.47 bits per heavy atom. The molecule has 0 radical (unpaired) electrons. The number of para-hydroxylation sites is 2. The zero-order valence-electron chi connectivity index (χ0n) is 27.6. The summed E-state index contributed by atoms with van der Waals surface area (Å²) in [5.74, 6) is -0.944. The fraction of sp³-hybridized carbons (Fsp3) is 0.0667. The zero-order valence-corrected chi connectivity index (χ0v) is 27.6. The van der Waals surface area contributed by atoms with Crippen molar-refractivity contribution >= 4 is 58.0 Å². The molecule has 0 aromatic heterocycles. The maximum atomic E-state index is 14.2. The number of fused-ring (bicyclic) bond motifs is 6. The molecule has 2 aliphatic carbocycles. The number of Topliss-reactive ketones (excluding diaryl/α,β-unsaturated/α-hetero) is 2. The van der Waals surface area contributed by atoms with E-state index in [1.165, 1.54) is 0 Å². The van der Waals surface area contributed by atoms with Crippen LogP contribution in [0, 0.1) is 10.4 Å². The summed E-state index contributed by atoms with van der Waals surface area (Å²) >= 11 is 0. The molecule has 0 spiro atoms. The average molecular weight is 664 g/mol. The van der Waals surface area contributed by atoms with Crippen LogP contribution >= 0.6 is 0 Å². The van der Waals surface area contributed by atoms with Crippen molar-refractivity contribution in [2.24, 2.45) is 4.99 Å². The number of benzene rings is 6. The van der Waals surface area contributed by atoms with Gasteiger partial charge in [-0.2, -0.15) is 0 Å². The predicted octanol–water partition coefficient (Wildman–Crippen LogP) is 6.92. The van der Waals surface area contributed by atoms with E-state index in [9.17, 15) is 14.4 Å². The number of rotatable bonds is 4. The van der Waals surface area contributed by atoms with Crippen LogP contribution in [0.2, 0.25) is 0 Å². The summed E-state index contributed by atoms with van der Waals surface area (Å²) in [6.07, 6.45) is 9.49. The lowest BCUT2D eigenvalue weighted by atomic mass is 9.78. The fourth-order valence-corrected chi connectivity index (χ4v) is 7.04. The van der Waals surface area contributed by atoms with Gasteiger partial charge < -0.3 is 10.6 Å². The van der Waals surface area contributed by atoms with Gasteiger partial charge in [0.25, 0.3) is 5.91 Å². The maximum absolute atomic E-state index is 14.2. The number of carbonyl (C=O) groups excluding carboxylic acids is 3. The first-order chi connectivity index (χ1) is 25.0. The Morgan fingerprint density at radius 1 is 0.706 bits per heavy atom. The number of amides is 1. The van der Waals surface area contributed by atoms with Gasteiger partial charge in [0, 0.05) is 30.0 Å². The van der Waals surface area contributed by atoms with Crippen molar-refractivity contribution in [1.29, 1.82) is 0 Å². The van der Waals surface area contributed by atoms with Crippen molar-refractivity contribution < 1.29 is 14.4 Å². The van der Waals surface area contributed by atoms with Crippen molar-refractivity contribution in [2.45, 2.75) is 18.4 Å². The average Bonchev–Trinajstić information content (AvgIpc) is 3.44. The molecule has 0 fully saturated rings. The van der Waals surface area contributed by atoms with Crippen molar-refractivity contribution in [3.05, 3.63) is 189 Å². The minimum absolute atomic E-state index is 0.0108. The summed E-state index contributed by atoms with van der Waals surface area (Å²) in [4.78, 5) is 44.5. The lowest BCUT2D eigenvalue weighted by Gasteiger charge is -2.26. The topological polar surface area (TPSA) is 87.6 Å². The van der Waals surface area contributed by atoms with E-state index in [1.807, 2.05) is 121 Å². The molecule has 51 heavy (non-hydrogen) atoms. The number of nitrogens with one attached hydrogen (secondary N) is 2. The molecule has 2 unspecified atom stereocenters. The smallest absolute Gasteiger partial charge is 0.251 e. The molecular formula is C45H33N3O3. The molecule has 1 aliphatic heterocycles. The van der Waals surface area contributed by atoms with Crippen molar-refractivity contribution in [2.75, 3.05) is 5.32 Å². The second kappa shape index (κ2) is 13.7. The van der Waals surface area contributed by atoms with Gasteiger partial charge in [-0.15, -0.1) is 0 Å². The monoisotopic (exact) mass is 663 g/mol. The van der Waals surface area contributed by atoms with Crippen LogP contribution in [0.1, 0.15) is 37.8 Å². The molecule has 9 rings (SSSR count). The Labute approximate surface area is 294 Å². The van der Waals surface area contributed by atoms with E-state index in [-0.39, 0.29) is 17.5 Å². The molecule has 6 heteroatoms. The van der Waals surface area contributed by atoms with E-state index in [2.05, 4.69) is 21.7 Å².